The molecule has 0 saturated heterocycles. The summed E-state index contributed by atoms with van der Waals surface area (Å²) in [4.78, 5) is 0. The van der Waals surface area contributed by atoms with E-state index in [4.69, 9.17) is 13.3 Å². The highest BCUT2D eigenvalue weighted by molar-refractivity contribution is 6.60. The lowest BCUT2D eigenvalue weighted by Gasteiger charge is -2.40. The Morgan fingerprint density at radius 1 is 0.438 bits per heavy atom. The summed E-state index contributed by atoms with van der Waals surface area (Å²) >= 11 is 0. The monoisotopic (exact) mass is 474 g/mol. The molecule has 0 saturated carbocycles. The molecule has 0 aliphatic heterocycles. The molecule has 5 heteroatoms. The van der Waals surface area contributed by atoms with Gasteiger partial charge < -0.3 is 17.8 Å². The number of rotatable bonds is 25. The standard InChI is InChI=1S/C27H60NO3Si/c1-7-13-16-20-28(21-17-14-8-2,22-18-15-9-3)23-19-27-32(29-24-10-4,30-25-11-5)31-26-12-6/h7-27H2,1-6H3/q+1. The lowest BCUT2D eigenvalue weighted by atomic mass is 10.1. The fraction of sp³-hybridized carbons (Fsp3) is 1.00. The van der Waals surface area contributed by atoms with Gasteiger partial charge in [0, 0.05) is 32.3 Å². The van der Waals surface area contributed by atoms with Gasteiger partial charge in [0.2, 0.25) is 0 Å². The Morgan fingerprint density at radius 3 is 1.09 bits per heavy atom. The van der Waals surface area contributed by atoms with Crippen molar-refractivity contribution in [3.63, 3.8) is 0 Å². The Bertz CT molecular complexity index is 347. The maximum Gasteiger partial charge on any atom is 0.501 e. The molecule has 0 aliphatic carbocycles. The van der Waals surface area contributed by atoms with E-state index in [1.165, 1.54) is 88.4 Å². The highest BCUT2D eigenvalue weighted by Gasteiger charge is 2.41. The third-order valence-electron chi connectivity index (χ3n) is 6.40. The normalized spacial score (nSPS) is 12.6. The Labute approximate surface area is 203 Å². The van der Waals surface area contributed by atoms with Crippen LogP contribution in [0.5, 0.6) is 0 Å². The quantitative estimate of drug-likeness (QED) is 0.0762. The minimum Gasteiger partial charge on any atom is -0.373 e. The third kappa shape index (κ3) is 15.1. The number of hydrogen-bond donors (Lipinski definition) is 0. The number of quaternary nitrogens is 1. The van der Waals surface area contributed by atoms with Crippen LogP contribution in [0, 0.1) is 0 Å². The van der Waals surface area contributed by atoms with E-state index in [1.54, 1.807) is 0 Å². The lowest BCUT2D eigenvalue weighted by Crippen LogP contribution is -2.52. The van der Waals surface area contributed by atoms with Crippen LogP contribution in [-0.2, 0) is 13.3 Å². The third-order valence-corrected chi connectivity index (χ3v) is 9.30. The van der Waals surface area contributed by atoms with Gasteiger partial charge >= 0.3 is 8.80 Å². The summed E-state index contributed by atoms with van der Waals surface area (Å²) in [6.07, 6.45) is 16.3. The first-order valence-corrected chi connectivity index (χ1v) is 16.3. The van der Waals surface area contributed by atoms with Gasteiger partial charge in [-0.3, -0.25) is 0 Å². The first-order valence-electron chi connectivity index (χ1n) is 14.3. The second kappa shape index (κ2) is 21.6. The predicted molar refractivity (Wildman–Crippen MR) is 142 cm³/mol. The van der Waals surface area contributed by atoms with Crippen LogP contribution in [0.15, 0.2) is 0 Å². The Hall–Kier alpha value is 0.0569. The van der Waals surface area contributed by atoms with E-state index in [2.05, 4.69) is 41.5 Å². The molecule has 0 bridgehead atoms. The van der Waals surface area contributed by atoms with Crippen molar-refractivity contribution < 1.29 is 17.8 Å². The van der Waals surface area contributed by atoms with Crippen molar-refractivity contribution in [2.24, 2.45) is 0 Å². The van der Waals surface area contributed by atoms with Gasteiger partial charge in [0.15, 0.2) is 0 Å². The van der Waals surface area contributed by atoms with Gasteiger partial charge in [-0.2, -0.15) is 0 Å². The summed E-state index contributed by atoms with van der Waals surface area (Å²) in [7, 11) is -2.58. The zero-order chi connectivity index (χ0) is 24.0. The molecule has 0 atom stereocenters. The molecule has 0 heterocycles. The predicted octanol–water partition coefficient (Wildman–Crippen LogP) is 7.98. The Kier molecular flexibility index (Phi) is 21.6. The second-order valence-electron chi connectivity index (χ2n) is 9.69. The molecule has 32 heavy (non-hydrogen) atoms. The van der Waals surface area contributed by atoms with Crippen molar-refractivity contribution >= 4 is 8.80 Å². The lowest BCUT2D eigenvalue weighted by molar-refractivity contribution is -0.929. The van der Waals surface area contributed by atoms with E-state index >= 15 is 0 Å². The van der Waals surface area contributed by atoms with Gasteiger partial charge in [0.05, 0.1) is 26.2 Å². The van der Waals surface area contributed by atoms with Crippen molar-refractivity contribution in [3.05, 3.63) is 0 Å². The number of hydrogen-bond acceptors (Lipinski definition) is 3. The van der Waals surface area contributed by atoms with Gasteiger partial charge in [-0.25, -0.2) is 0 Å². The number of nitrogens with zero attached hydrogens (tertiary/aromatic N) is 1. The second-order valence-corrected chi connectivity index (χ2v) is 12.4. The largest absolute Gasteiger partial charge is 0.501 e. The van der Waals surface area contributed by atoms with Crippen molar-refractivity contribution in [3.8, 4) is 0 Å². The van der Waals surface area contributed by atoms with E-state index in [0.717, 1.165) is 51.5 Å². The topological polar surface area (TPSA) is 27.7 Å². The maximum absolute atomic E-state index is 6.38. The molecule has 0 spiro atoms. The molecule has 0 N–H and O–H groups in total. The smallest absolute Gasteiger partial charge is 0.373 e. The van der Waals surface area contributed by atoms with Gasteiger partial charge in [-0.1, -0.05) is 60.8 Å². The average molecular weight is 475 g/mol. The molecular weight excluding hydrogens is 414 g/mol. The molecule has 4 nitrogen and oxygen atoms in total. The van der Waals surface area contributed by atoms with E-state index < -0.39 is 8.80 Å². The summed E-state index contributed by atoms with van der Waals surface area (Å²) in [5.74, 6) is 0. The zero-order valence-corrected chi connectivity index (χ0v) is 24.0. The van der Waals surface area contributed by atoms with Crippen molar-refractivity contribution in [1.82, 2.24) is 0 Å². The highest BCUT2D eigenvalue weighted by atomic mass is 28.4. The minimum atomic E-state index is -2.58. The van der Waals surface area contributed by atoms with Crippen molar-refractivity contribution in [1.29, 1.82) is 0 Å². The van der Waals surface area contributed by atoms with Gasteiger partial charge in [0.25, 0.3) is 0 Å². The minimum absolute atomic E-state index is 0.753. The van der Waals surface area contributed by atoms with E-state index in [0.29, 0.717) is 0 Å². The Morgan fingerprint density at radius 2 is 0.781 bits per heavy atom. The van der Waals surface area contributed by atoms with E-state index in [1.807, 2.05) is 0 Å². The molecule has 0 unspecified atom stereocenters. The van der Waals surface area contributed by atoms with Crippen LogP contribution in [0.3, 0.4) is 0 Å². The van der Waals surface area contributed by atoms with Crippen molar-refractivity contribution in [2.45, 2.75) is 131 Å². The average Bonchev–Trinajstić information content (AvgIpc) is 2.80. The SMILES string of the molecule is CCCCC[N+](CCCCC)(CCCCC)CCC[Si](OCCC)(OCCC)OCCC. The molecular formula is C27H60NO3Si+. The fourth-order valence-electron chi connectivity index (χ4n) is 4.51. The maximum atomic E-state index is 6.38. The summed E-state index contributed by atoms with van der Waals surface area (Å²) in [6.45, 7) is 21.0. The van der Waals surface area contributed by atoms with Crippen LogP contribution in [0.1, 0.15) is 125 Å². The van der Waals surface area contributed by atoms with Crippen LogP contribution in [-0.4, -0.2) is 59.3 Å². The molecule has 0 rings (SSSR count). The van der Waals surface area contributed by atoms with Crippen LogP contribution < -0.4 is 0 Å². The zero-order valence-electron chi connectivity index (χ0n) is 23.0. The first kappa shape index (κ1) is 32.1. The molecule has 0 radical (unpaired) electrons. The fourth-order valence-corrected chi connectivity index (χ4v) is 7.33. The highest BCUT2D eigenvalue weighted by Crippen LogP contribution is 2.23. The van der Waals surface area contributed by atoms with Crippen LogP contribution in [0.2, 0.25) is 6.04 Å². The molecule has 0 aromatic heterocycles. The molecule has 0 aromatic carbocycles. The Balaban J connectivity index is 5.35. The molecule has 194 valence electrons. The molecule has 0 amide bonds. The van der Waals surface area contributed by atoms with Gasteiger partial charge in [0.1, 0.15) is 0 Å². The van der Waals surface area contributed by atoms with Crippen molar-refractivity contribution in [2.75, 3.05) is 46.0 Å². The van der Waals surface area contributed by atoms with E-state index in [9.17, 15) is 0 Å². The van der Waals surface area contributed by atoms with Crippen LogP contribution in [0.25, 0.3) is 0 Å². The summed E-state index contributed by atoms with van der Waals surface area (Å²) in [6, 6.07) is 0.975. The van der Waals surface area contributed by atoms with E-state index in [-0.39, 0.29) is 0 Å². The molecule has 0 fully saturated rings. The van der Waals surface area contributed by atoms with Gasteiger partial charge in [-0.05, 0) is 57.8 Å². The summed E-state index contributed by atoms with van der Waals surface area (Å²) in [5, 5.41) is 0. The summed E-state index contributed by atoms with van der Waals surface area (Å²) in [5.41, 5.74) is 0. The molecule has 0 aromatic rings. The van der Waals surface area contributed by atoms with Crippen LogP contribution in [0.4, 0.5) is 0 Å². The first-order chi connectivity index (χ1) is 15.6. The summed E-state index contributed by atoms with van der Waals surface area (Å²) < 4.78 is 20.4. The van der Waals surface area contributed by atoms with Gasteiger partial charge in [-0.15, -0.1) is 0 Å². The molecule has 0 aliphatic rings. The number of unbranched alkanes of at least 4 members (excludes halogenated alkanes) is 6. The van der Waals surface area contributed by atoms with Crippen LogP contribution >= 0.6 is 0 Å².